The number of pyridine rings is 1. The van der Waals surface area contributed by atoms with E-state index >= 15 is 0 Å². The number of anilines is 2. The van der Waals surface area contributed by atoms with E-state index in [1.165, 1.54) is 5.56 Å². The van der Waals surface area contributed by atoms with Gasteiger partial charge in [0.2, 0.25) is 5.95 Å². The average Bonchev–Trinajstić information content (AvgIpc) is 2.88. The molecule has 1 aromatic carbocycles. The van der Waals surface area contributed by atoms with Crippen molar-refractivity contribution in [1.29, 1.82) is 0 Å². The van der Waals surface area contributed by atoms with Crippen molar-refractivity contribution in [2.45, 2.75) is 48.1 Å². The molecule has 0 aliphatic carbocycles. The zero-order valence-corrected chi connectivity index (χ0v) is 22.5. The maximum Gasteiger partial charge on any atom is 0.230 e. The quantitative estimate of drug-likeness (QED) is 0.443. The smallest absolute Gasteiger partial charge is 0.230 e. The van der Waals surface area contributed by atoms with Gasteiger partial charge in [-0.05, 0) is 64.3 Å². The number of hydrogen-bond acceptors (Lipinski definition) is 5. The molecule has 1 N–H and O–H groups in total. The van der Waals surface area contributed by atoms with Crippen LogP contribution in [-0.4, -0.2) is 27.2 Å². The van der Waals surface area contributed by atoms with Crippen LogP contribution in [0.5, 0.6) is 0 Å². The molecule has 6 heteroatoms. The van der Waals surface area contributed by atoms with Crippen LogP contribution in [-0.2, 0) is 6.54 Å². The van der Waals surface area contributed by atoms with Crippen LogP contribution in [0.1, 0.15) is 45.7 Å². The lowest BCUT2D eigenvalue weighted by molar-refractivity contribution is 0.399. The summed E-state index contributed by atoms with van der Waals surface area (Å²) in [6.45, 7) is 16.9. The van der Waals surface area contributed by atoms with Gasteiger partial charge in [0.25, 0.3) is 0 Å². The van der Waals surface area contributed by atoms with Crippen molar-refractivity contribution in [2.75, 3.05) is 12.0 Å². The van der Waals surface area contributed by atoms with Gasteiger partial charge in [0, 0.05) is 36.6 Å². The standard InChI is InChI=1S/C22H21BrN4.2C2H6.CH4O/c1-4-5-10-20-17(3)18(14-26-21(20)23)15-27(22-24-11-7-12-25-22)19-9-6-8-16(2)13-19;3*1-2/h4-14H,3,15H2,1-2H3;2*1-2H3;2H,1H3/b5-4-,20-10+;;;. The van der Waals surface area contributed by atoms with E-state index in [9.17, 15) is 0 Å². The lowest BCUT2D eigenvalue weighted by Crippen LogP contribution is -2.33. The molecular weight excluding hydrogens is 476 g/mol. The zero-order valence-electron chi connectivity index (χ0n) is 20.9. The van der Waals surface area contributed by atoms with Gasteiger partial charge < -0.3 is 10.0 Å². The Morgan fingerprint density at radius 2 is 1.67 bits per heavy atom. The van der Waals surface area contributed by atoms with Crippen LogP contribution in [0.4, 0.5) is 11.6 Å². The molecular formula is C27H37BrN4O. The summed E-state index contributed by atoms with van der Waals surface area (Å²) in [5.74, 6) is 0.643. The lowest BCUT2D eigenvalue weighted by Gasteiger charge is -2.23. The van der Waals surface area contributed by atoms with Crippen LogP contribution < -0.4 is 15.3 Å². The monoisotopic (exact) mass is 512 g/mol. The first kappa shape index (κ1) is 30.2. The molecule has 0 saturated heterocycles. The fourth-order valence-corrected chi connectivity index (χ4v) is 3.23. The van der Waals surface area contributed by atoms with Gasteiger partial charge in [-0.3, -0.25) is 0 Å². The van der Waals surface area contributed by atoms with Gasteiger partial charge in [0.1, 0.15) is 4.60 Å². The van der Waals surface area contributed by atoms with Crippen molar-refractivity contribution >= 4 is 40.2 Å². The summed E-state index contributed by atoms with van der Waals surface area (Å²) in [7, 11) is 1.00. The molecule has 2 aromatic heterocycles. The van der Waals surface area contributed by atoms with Gasteiger partial charge in [0.15, 0.2) is 0 Å². The molecule has 0 bridgehead atoms. The SMILES string of the molecule is C=c1c(CN(c2cccc(C)c2)c2ncccn2)cnc(Br)/c1=C/C=C\C.CC.CC.CO. The Morgan fingerprint density at radius 1 is 1.03 bits per heavy atom. The summed E-state index contributed by atoms with van der Waals surface area (Å²) in [6, 6.07) is 10.1. The van der Waals surface area contributed by atoms with E-state index in [2.05, 4.69) is 67.5 Å². The van der Waals surface area contributed by atoms with Crippen LogP contribution in [0.15, 0.2) is 65.7 Å². The minimum absolute atomic E-state index is 0.573. The molecule has 0 aliphatic rings. The van der Waals surface area contributed by atoms with Crippen molar-refractivity contribution < 1.29 is 5.11 Å². The van der Waals surface area contributed by atoms with E-state index in [1.807, 2.05) is 71.2 Å². The van der Waals surface area contributed by atoms with E-state index in [0.717, 1.165) is 33.4 Å². The molecule has 0 radical (unpaired) electrons. The van der Waals surface area contributed by atoms with Crippen LogP contribution in [0.25, 0.3) is 12.7 Å². The first-order valence-corrected chi connectivity index (χ1v) is 11.9. The van der Waals surface area contributed by atoms with Crippen molar-refractivity contribution in [2.24, 2.45) is 0 Å². The Balaban J connectivity index is 0.00000158. The Hall–Kier alpha value is -2.83. The number of benzene rings is 1. The van der Waals surface area contributed by atoms with E-state index in [4.69, 9.17) is 5.11 Å². The number of aryl methyl sites for hydroxylation is 1. The Bertz CT molecular complexity index is 1070. The average molecular weight is 514 g/mol. The van der Waals surface area contributed by atoms with Gasteiger partial charge in [-0.25, -0.2) is 15.0 Å². The maximum atomic E-state index is 7.00. The van der Waals surface area contributed by atoms with Crippen molar-refractivity contribution in [3.63, 3.8) is 0 Å². The van der Waals surface area contributed by atoms with Crippen LogP contribution in [0.2, 0.25) is 0 Å². The van der Waals surface area contributed by atoms with Crippen molar-refractivity contribution in [3.8, 4) is 0 Å². The maximum absolute atomic E-state index is 7.00. The minimum atomic E-state index is 0.573. The van der Waals surface area contributed by atoms with Gasteiger partial charge in [0.05, 0.1) is 6.54 Å². The highest BCUT2D eigenvalue weighted by Gasteiger charge is 2.14. The number of aliphatic hydroxyl groups is 1. The first-order chi connectivity index (χ1) is 16.1. The topological polar surface area (TPSA) is 62.1 Å². The van der Waals surface area contributed by atoms with Crippen LogP contribution in [0.3, 0.4) is 0 Å². The summed E-state index contributed by atoms with van der Waals surface area (Å²) in [4.78, 5) is 15.5. The number of halogens is 1. The van der Waals surface area contributed by atoms with E-state index in [0.29, 0.717) is 12.5 Å². The van der Waals surface area contributed by atoms with Gasteiger partial charge >= 0.3 is 0 Å². The van der Waals surface area contributed by atoms with Crippen molar-refractivity contribution in [3.05, 3.63) is 87.2 Å². The fraction of sp³-hybridized carbons (Fsp3) is 0.296. The molecule has 5 nitrogen and oxygen atoms in total. The second-order valence-electron chi connectivity index (χ2n) is 6.13. The molecule has 0 fully saturated rings. The van der Waals surface area contributed by atoms with Crippen LogP contribution >= 0.6 is 15.9 Å². The first-order valence-electron chi connectivity index (χ1n) is 11.1. The molecule has 178 valence electrons. The lowest BCUT2D eigenvalue weighted by atomic mass is 10.1. The summed E-state index contributed by atoms with van der Waals surface area (Å²) in [5, 5.41) is 8.91. The van der Waals surface area contributed by atoms with Gasteiger partial charge in [-0.15, -0.1) is 0 Å². The summed E-state index contributed by atoms with van der Waals surface area (Å²) < 4.78 is 0.785. The van der Waals surface area contributed by atoms with E-state index < -0.39 is 0 Å². The highest BCUT2D eigenvalue weighted by Crippen LogP contribution is 2.24. The highest BCUT2D eigenvalue weighted by molar-refractivity contribution is 9.10. The fourth-order valence-electron chi connectivity index (χ4n) is 2.75. The molecule has 0 unspecified atom stereocenters. The Kier molecular flexibility index (Phi) is 16.2. The summed E-state index contributed by atoms with van der Waals surface area (Å²) in [5.41, 5.74) is 3.23. The predicted molar refractivity (Wildman–Crippen MR) is 146 cm³/mol. The normalized spacial score (nSPS) is 10.3. The third-order valence-electron chi connectivity index (χ3n) is 4.16. The van der Waals surface area contributed by atoms with E-state index in [1.54, 1.807) is 12.4 Å². The number of allylic oxidation sites excluding steroid dienone is 2. The molecule has 3 aromatic rings. The molecule has 2 heterocycles. The molecule has 3 rings (SSSR count). The second-order valence-corrected chi connectivity index (χ2v) is 6.88. The molecule has 0 saturated carbocycles. The van der Waals surface area contributed by atoms with Crippen LogP contribution in [0, 0.1) is 6.92 Å². The number of aromatic nitrogens is 3. The largest absolute Gasteiger partial charge is 0.400 e. The van der Waals surface area contributed by atoms with Gasteiger partial charge in [-0.1, -0.05) is 64.6 Å². The highest BCUT2D eigenvalue weighted by atomic mass is 79.9. The summed E-state index contributed by atoms with van der Waals surface area (Å²) >= 11 is 3.52. The number of hydrogen-bond donors (Lipinski definition) is 1. The third-order valence-corrected chi connectivity index (χ3v) is 4.79. The second kappa shape index (κ2) is 17.7. The molecule has 0 atom stereocenters. The number of rotatable bonds is 5. The predicted octanol–water partition coefficient (Wildman–Crippen LogP) is 5.71. The number of nitrogens with zero attached hydrogens (tertiary/aromatic N) is 4. The molecule has 0 spiro atoms. The molecule has 0 amide bonds. The summed E-state index contributed by atoms with van der Waals surface area (Å²) in [6.07, 6.45) is 11.3. The Labute approximate surface area is 207 Å². The third kappa shape index (κ3) is 9.28. The van der Waals surface area contributed by atoms with Crippen molar-refractivity contribution in [1.82, 2.24) is 15.0 Å². The van der Waals surface area contributed by atoms with E-state index in [-0.39, 0.29) is 0 Å². The zero-order chi connectivity index (χ0) is 25.2. The van der Waals surface area contributed by atoms with Gasteiger partial charge in [-0.2, -0.15) is 0 Å². The minimum Gasteiger partial charge on any atom is -0.400 e. The number of aliphatic hydroxyl groups excluding tert-OH is 1. The molecule has 33 heavy (non-hydrogen) atoms. The molecule has 0 aliphatic heterocycles. The Morgan fingerprint density at radius 3 is 2.24 bits per heavy atom.